The first-order chi connectivity index (χ1) is 12.7. The molecule has 0 radical (unpaired) electrons. The van der Waals surface area contributed by atoms with Gasteiger partial charge in [-0.1, -0.05) is 24.3 Å². The number of benzene rings is 2. The van der Waals surface area contributed by atoms with E-state index in [1.807, 2.05) is 35.0 Å². The molecule has 2 aromatic carbocycles. The Morgan fingerprint density at radius 3 is 2.65 bits per heavy atom. The first-order valence-electron chi connectivity index (χ1n) is 8.17. The number of nitrogens with two attached hydrogens (primary N) is 1. The number of rotatable bonds is 7. The Labute approximate surface area is 151 Å². The monoisotopic (exact) mass is 351 g/mol. The van der Waals surface area contributed by atoms with Gasteiger partial charge in [-0.05, 0) is 29.8 Å². The number of nitrogen functional groups attached to an aromatic ring is 1. The van der Waals surface area contributed by atoms with E-state index in [1.54, 1.807) is 37.6 Å². The zero-order chi connectivity index (χ0) is 18.4. The van der Waals surface area contributed by atoms with Crippen LogP contribution in [0, 0.1) is 0 Å². The van der Waals surface area contributed by atoms with Gasteiger partial charge in [-0.15, -0.1) is 0 Å². The number of nitrogens with one attached hydrogen (secondary N) is 2. The van der Waals surface area contributed by atoms with E-state index in [2.05, 4.69) is 15.7 Å². The Kier molecular flexibility index (Phi) is 5.50. The van der Waals surface area contributed by atoms with Crippen LogP contribution >= 0.6 is 0 Å². The molecule has 1 aromatic heterocycles. The Balaban J connectivity index is 1.66. The topological polar surface area (TPSA) is 94.2 Å². The van der Waals surface area contributed by atoms with Gasteiger partial charge in [0.15, 0.2) is 0 Å². The van der Waals surface area contributed by atoms with Crippen LogP contribution < -0.4 is 16.4 Å². The fraction of sp³-hybridized carbons (Fsp3) is 0.158. The van der Waals surface area contributed by atoms with E-state index >= 15 is 0 Å². The van der Waals surface area contributed by atoms with Crippen molar-refractivity contribution in [3.05, 3.63) is 71.9 Å². The number of methoxy groups -OCH3 is 1. The van der Waals surface area contributed by atoms with Crippen molar-refractivity contribution < 1.29 is 9.53 Å². The van der Waals surface area contributed by atoms with Crippen LogP contribution in [0.15, 0.2) is 60.8 Å². The molecular formula is C19H21N5O2. The molecule has 3 aromatic rings. The summed E-state index contributed by atoms with van der Waals surface area (Å²) in [6.45, 7) is 1.000. The van der Waals surface area contributed by atoms with Gasteiger partial charge < -0.3 is 21.1 Å². The minimum Gasteiger partial charge on any atom is -0.397 e. The van der Waals surface area contributed by atoms with Gasteiger partial charge in [0.05, 0.1) is 24.1 Å². The average molecular weight is 351 g/mol. The highest BCUT2D eigenvalue weighted by Gasteiger charge is 2.08. The third-order valence-electron chi connectivity index (χ3n) is 3.87. The summed E-state index contributed by atoms with van der Waals surface area (Å²) in [6, 6.07) is 16.4. The van der Waals surface area contributed by atoms with Crippen LogP contribution in [0.4, 0.5) is 17.2 Å². The molecule has 4 N–H and O–H groups in total. The molecule has 0 aliphatic rings. The van der Waals surface area contributed by atoms with Gasteiger partial charge in [-0.2, -0.15) is 5.10 Å². The van der Waals surface area contributed by atoms with E-state index in [4.69, 9.17) is 10.5 Å². The number of nitrogens with zero attached hydrogens (tertiary/aromatic N) is 2. The van der Waals surface area contributed by atoms with Crippen LogP contribution in [0.25, 0.3) is 0 Å². The van der Waals surface area contributed by atoms with Crippen molar-refractivity contribution in [3.8, 4) is 0 Å². The number of para-hydroxylation sites is 2. The molecular weight excluding hydrogens is 330 g/mol. The molecule has 26 heavy (non-hydrogen) atoms. The molecule has 0 atom stereocenters. The van der Waals surface area contributed by atoms with Crippen molar-refractivity contribution in [2.45, 2.75) is 6.54 Å². The lowest BCUT2D eigenvalue weighted by molar-refractivity contribution is 0.102. The first kappa shape index (κ1) is 17.5. The highest BCUT2D eigenvalue weighted by Crippen LogP contribution is 2.18. The normalized spacial score (nSPS) is 10.5. The van der Waals surface area contributed by atoms with E-state index in [9.17, 15) is 4.79 Å². The molecule has 134 valence electrons. The van der Waals surface area contributed by atoms with Crippen LogP contribution in [-0.4, -0.2) is 29.5 Å². The van der Waals surface area contributed by atoms with Gasteiger partial charge in [-0.3, -0.25) is 4.79 Å². The van der Waals surface area contributed by atoms with Crippen molar-refractivity contribution in [1.82, 2.24) is 9.78 Å². The van der Waals surface area contributed by atoms with E-state index < -0.39 is 0 Å². The molecule has 1 amide bonds. The van der Waals surface area contributed by atoms with Crippen molar-refractivity contribution >= 4 is 23.1 Å². The van der Waals surface area contributed by atoms with Crippen molar-refractivity contribution in [2.24, 2.45) is 0 Å². The molecule has 0 unspecified atom stereocenters. The Bertz CT molecular complexity index is 874. The van der Waals surface area contributed by atoms with Crippen LogP contribution in [0.1, 0.15) is 15.9 Å². The smallest absolute Gasteiger partial charge is 0.255 e. The highest BCUT2D eigenvalue weighted by atomic mass is 16.5. The molecule has 7 nitrogen and oxygen atoms in total. The summed E-state index contributed by atoms with van der Waals surface area (Å²) < 4.78 is 6.85. The van der Waals surface area contributed by atoms with Crippen molar-refractivity contribution in [1.29, 1.82) is 0 Å². The molecule has 0 aliphatic carbocycles. The quantitative estimate of drug-likeness (QED) is 0.449. The average Bonchev–Trinajstić information content (AvgIpc) is 3.09. The second-order valence-corrected chi connectivity index (χ2v) is 5.72. The SMILES string of the molecule is COCNc1ccnn1Cc1ccc(C(=O)Nc2ccccc2N)cc1. The molecule has 1 heterocycles. The van der Waals surface area contributed by atoms with Crippen molar-refractivity contribution in [2.75, 3.05) is 30.2 Å². The number of amides is 1. The second kappa shape index (κ2) is 8.17. The summed E-state index contributed by atoms with van der Waals surface area (Å²) in [6.07, 6.45) is 1.73. The fourth-order valence-corrected chi connectivity index (χ4v) is 2.49. The predicted molar refractivity (Wildman–Crippen MR) is 102 cm³/mol. The van der Waals surface area contributed by atoms with Crippen LogP contribution in [0.2, 0.25) is 0 Å². The lowest BCUT2D eigenvalue weighted by Gasteiger charge is -2.10. The summed E-state index contributed by atoms with van der Waals surface area (Å²) in [5, 5.41) is 10.2. The first-order valence-corrected chi connectivity index (χ1v) is 8.17. The number of hydrogen-bond donors (Lipinski definition) is 3. The third kappa shape index (κ3) is 4.20. The van der Waals surface area contributed by atoms with Gasteiger partial charge in [0.1, 0.15) is 12.5 Å². The molecule has 0 bridgehead atoms. The number of ether oxygens (including phenoxy) is 1. The molecule has 0 aliphatic heterocycles. The Hall–Kier alpha value is -3.32. The summed E-state index contributed by atoms with van der Waals surface area (Å²) in [4.78, 5) is 12.4. The summed E-state index contributed by atoms with van der Waals surface area (Å²) in [5.41, 5.74) is 8.59. The maximum atomic E-state index is 12.4. The van der Waals surface area contributed by atoms with Crippen molar-refractivity contribution in [3.63, 3.8) is 0 Å². The Morgan fingerprint density at radius 1 is 1.15 bits per heavy atom. The number of anilines is 3. The minimum absolute atomic E-state index is 0.198. The van der Waals surface area contributed by atoms with E-state index in [0.717, 1.165) is 11.4 Å². The number of hydrogen-bond acceptors (Lipinski definition) is 5. The fourth-order valence-electron chi connectivity index (χ4n) is 2.49. The number of aromatic nitrogens is 2. The molecule has 0 saturated heterocycles. The zero-order valence-corrected chi connectivity index (χ0v) is 14.5. The highest BCUT2D eigenvalue weighted by molar-refractivity contribution is 6.05. The summed E-state index contributed by atoms with van der Waals surface area (Å²) in [5.74, 6) is 0.671. The summed E-state index contributed by atoms with van der Waals surface area (Å²) >= 11 is 0. The molecule has 7 heteroatoms. The largest absolute Gasteiger partial charge is 0.397 e. The van der Waals surface area contributed by atoms with Gasteiger partial charge in [0, 0.05) is 18.7 Å². The molecule has 0 saturated carbocycles. The second-order valence-electron chi connectivity index (χ2n) is 5.72. The molecule has 3 rings (SSSR count). The Morgan fingerprint density at radius 2 is 1.92 bits per heavy atom. The zero-order valence-electron chi connectivity index (χ0n) is 14.5. The maximum Gasteiger partial charge on any atom is 0.255 e. The van der Waals surface area contributed by atoms with Gasteiger partial charge in [0.2, 0.25) is 0 Å². The number of carbonyl (C=O) groups is 1. The predicted octanol–water partition coefficient (Wildman–Crippen LogP) is 2.78. The van der Waals surface area contributed by atoms with E-state index in [1.165, 1.54) is 0 Å². The van der Waals surface area contributed by atoms with E-state index in [0.29, 0.717) is 30.2 Å². The maximum absolute atomic E-state index is 12.4. The van der Waals surface area contributed by atoms with Gasteiger partial charge >= 0.3 is 0 Å². The summed E-state index contributed by atoms with van der Waals surface area (Å²) in [7, 11) is 1.63. The third-order valence-corrected chi connectivity index (χ3v) is 3.87. The van der Waals surface area contributed by atoms with E-state index in [-0.39, 0.29) is 5.91 Å². The van der Waals surface area contributed by atoms with Gasteiger partial charge in [0.25, 0.3) is 5.91 Å². The number of carbonyl (C=O) groups excluding carboxylic acids is 1. The molecule has 0 spiro atoms. The van der Waals surface area contributed by atoms with Gasteiger partial charge in [-0.25, -0.2) is 4.68 Å². The molecule has 0 fully saturated rings. The minimum atomic E-state index is -0.198. The van der Waals surface area contributed by atoms with Crippen LogP contribution in [0.3, 0.4) is 0 Å². The lowest BCUT2D eigenvalue weighted by atomic mass is 10.1. The lowest BCUT2D eigenvalue weighted by Crippen LogP contribution is -2.13. The van der Waals surface area contributed by atoms with Crippen LogP contribution in [-0.2, 0) is 11.3 Å². The van der Waals surface area contributed by atoms with Crippen LogP contribution in [0.5, 0.6) is 0 Å². The standard InChI is InChI=1S/C19H21N5O2/c1-26-13-21-18-10-11-22-24(18)12-14-6-8-15(9-7-14)19(25)23-17-5-3-2-4-16(17)20/h2-11,21H,12-13,20H2,1H3,(H,23,25).